The zero-order chi connectivity index (χ0) is 37.4. The molecule has 0 amide bonds. The maximum absolute atomic E-state index is 4.61. The summed E-state index contributed by atoms with van der Waals surface area (Å²) < 4.78 is 0. The summed E-state index contributed by atoms with van der Waals surface area (Å²) in [5, 5.41) is 4.21. The van der Waals surface area contributed by atoms with E-state index in [0.717, 1.165) is 49.1 Å². The Kier molecular flexibility index (Phi) is 14.1. The highest BCUT2D eigenvalue weighted by Crippen LogP contribution is 2.46. The summed E-state index contributed by atoms with van der Waals surface area (Å²) in [6.45, 7) is 6.98. The van der Waals surface area contributed by atoms with Crippen molar-refractivity contribution in [1.29, 1.82) is 0 Å². The molecule has 55 heavy (non-hydrogen) atoms. The van der Waals surface area contributed by atoms with Crippen molar-refractivity contribution in [2.45, 2.75) is 187 Å². The fourth-order valence-corrected chi connectivity index (χ4v) is 13.0. The number of fused-ring (bicyclic) bond motifs is 1. The number of nitrogens with one attached hydrogen (secondary N) is 1. The first-order valence-corrected chi connectivity index (χ1v) is 24.2. The average Bonchev–Trinajstić information content (AvgIpc) is 3.80. The third kappa shape index (κ3) is 10.1. The molecule has 0 bridgehead atoms. The minimum absolute atomic E-state index is 0.594. The summed E-state index contributed by atoms with van der Waals surface area (Å²) in [4.78, 5) is 4.61. The first-order valence-electron chi connectivity index (χ1n) is 24.2. The predicted molar refractivity (Wildman–Crippen MR) is 236 cm³/mol. The quantitative estimate of drug-likeness (QED) is 0.147. The van der Waals surface area contributed by atoms with Gasteiger partial charge in [-0.1, -0.05) is 123 Å². The summed E-state index contributed by atoms with van der Waals surface area (Å²) in [6.07, 6.45) is 53.8. The molecule has 3 saturated carbocycles. The van der Waals surface area contributed by atoms with Gasteiger partial charge in [0.05, 0.1) is 0 Å². The summed E-state index contributed by atoms with van der Waals surface area (Å²) >= 11 is 0. The van der Waals surface area contributed by atoms with Gasteiger partial charge in [0, 0.05) is 25.0 Å². The standard InChI is InChI=1S/C53H78N2/c1-38(22-24-49(46-18-10-19-47(35-46)50-32-33-54-36-50)37-55-53-21-11-17-43-15-8-9-20-52(43)53)39(2)23-31-51(42-13-4-3-5-14-42)44-28-25-41(26-29-44)48-30-27-40-12-6-7-16-45(40)34-48/h19,22,24-25,28,33,35,39,42-43,48,50-53,55H,3-18,20-21,23,26-27,29-32,34,36-37H2,1-2H3/b38-22+,49-24+. The van der Waals surface area contributed by atoms with E-state index >= 15 is 0 Å². The van der Waals surface area contributed by atoms with Crippen molar-refractivity contribution in [3.05, 3.63) is 81.0 Å². The molecule has 7 aliphatic carbocycles. The van der Waals surface area contributed by atoms with Gasteiger partial charge in [-0.15, -0.1) is 0 Å². The third-order valence-corrected chi connectivity index (χ3v) is 16.7. The van der Waals surface area contributed by atoms with Gasteiger partial charge in [-0.25, -0.2) is 0 Å². The number of hydrogen-bond donors (Lipinski definition) is 1. The number of allylic oxidation sites excluding steroid dienone is 11. The van der Waals surface area contributed by atoms with Crippen molar-refractivity contribution in [2.24, 2.45) is 46.4 Å². The summed E-state index contributed by atoms with van der Waals surface area (Å²) in [7, 11) is 0. The highest BCUT2D eigenvalue weighted by atomic mass is 14.9. The zero-order valence-corrected chi connectivity index (χ0v) is 35.4. The first kappa shape index (κ1) is 39.6. The topological polar surface area (TPSA) is 24.4 Å². The van der Waals surface area contributed by atoms with Crippen molar-refractivity contribution in [3.8, 4) is 0 Å². The molecular formula is C53H78N2. The van der Waals surface area contributed by atoms with Crippen LogP contribution in [0.1, 0.15) is 181 Å². The Morgan fingerprint density at radius 2 is 1.62 bits per heavy atom. The Hall–Kier alpha value is -2.19. The van der Waals surface area contributed by atoms with Crippen LogP contribution in [0.2, 0.25) is 0 Å². The maximum Gasteiger partial charge on any atom is 0.0457 e. The van der Waals surface area contributed by atoms with Crippen LogP contribution in [0.15, 0.2) is 86.0 Å². The molecule has 2 heteroatoms. The average molecular weight is 743 g/mol. The van der Waals surface area contributed by atoms with Crippen molar-refractivity contribution < 1.29 is 0 Å². The molecule has 0 radical (unpaired) electrons. The molecule has 2 nitrogen and oxygen atoms in total. The zero-order valence-electron chi connectivity index (χ0n) is 35.4. The lowest BCUT2D eigenvalue weighted by Gasteiger charge is -2.42. The molecule has 300 valence electrons. The Morgan fingerprint density at radius 1 is 0.782 bits per heavy atom. The monoisotopic (exact) mass is 743 g/mol. The first-order chi connectivity index (χ1) is 27.1. The van der Waals surface area contributed by atoms with Gasteiger partial charge in [0.1, 0.15) is 0 Å². The minimum Gasteiger partial charge on any atom is -0.310 e. The van der Waals surface area contributed by atoms with E-state index in [9.17, 15) is 0 Å². The smallest absolute Gasteiger partial charge is 0.0457 e. The molecule has 0 aromatic heterocycles. The van der Waals surface area contributed by atoms with Crippen molar-refractivity contribution in [2.75, 3.05) is 13.1 Å². The highest BCUT2D eigenvalue weighted by molar-refractivity contribution is 5.62. The van der Waals surface area contributed by atoms with E-state index in [1.165, 1.54) is 161 Å². The van der Waals surface area contributed by atoms with Gasteiger partial charge < -0.3 is 5.32 Å². The van der Waals surface area contributed by atoms with Gasteiger partial charge >= 0.3 is 0 Å². The molecule has 8 rings (SSSR count). The van der Waals surface area contributed by atoms with Crippen LogP contribution < -0.4 is 5.32 Å². The fourth-order valence-electron chi connectivity index (χ4n) is 13.0. The molecule has 3 fully saturated rings. The van der Waals surface area contributed by atoms with Gasteiger partial charge in [0.25, 0.3) is 0 Å². The third-order valence-electron chi connectivity index (χ3n) is 16.7. The van der Waals surface area contributed by atoms with Crippen LogP contribution in [0.25, 0.3) is 0 Å². The number of hydrogen-bond acceptors (Lipinski definition) is 2. The fraction of sp³-hybridized carbons (Fsp3) is 0.717. The van der Waals surface area contributed by atoms with Gasteiger partial charge in [-0.2, -0.15) is 0 Å². The molecule has 0 aromatic rings. The summed E-state index contributed by atoms with van der Waals surface area (Å²) in [6, 6.07) is 0.704. The Morgan fingerprint density at radius 3 is 2.45 bits per heavy atom. The van der Waals surface area contributed by atoms with Crippen molar-refractivity contribution in [3.63, 3.8) is 0 Å². The Bertz CT molecular complexity index is 1560. The van der Waals surface area contributed by atoms with E-state index in [1.807, 2.05) is 16.7 Å². The molecule has 1 aliphatic heterocycles. The van der Waals surface area contributed by atoms with E-state index in [1.54, 1.807) is 27.9 Å². The van der Waals surface area contributed by atoms with Crippen LogP contribution in [-0.4, -0.2) is 25.3 Å². The van der Waals surface area contributed by atoms with Crippen LogP contribution in [0, 0.1) is 41.4 Å². The van der Waals surface area contributed by atoms with Gasteiger partial charge in [0.2, 0.25) is 0 Å². The maximum atomic E-state index is 4.61. The van der Waals surface area contributed by atoms with E-state index in [4.69, 9.17) is 0 Å². The van der Waals surface area contributed by atoms with Crippen molar-refractivity contribution >= 4 is 6.21 Å². The Balaban J connectivity index is 0.947. The molecule has 0 spiro atoms. The van der Waals surface area contributed by atoms with Gasteiger partial charge in [-0.05, 0) is 181 Å². The highest BCUT2D eigenvalue weighted by Gasteiger charge is 2.35. The van der Waals surface area contributed by atoms with E-state index in [2.05, 4.69) is 66.8 Å². The predicted octanol–water partition coefficient (Wildman–Crippen LogP) is 14.5. The molecule has 0 saturated heterocycles. The van der Waals surface area contributed by atoms with E-state index in [0.29, 0.717) is 17.9 Å². The minimum atomic E-state index is 0.594. The lowest BCUT2D eigenvalue weighted by atomic mass is 9.68. The molecule has 1 N–H and O–H groups in total. The van der Waals surface area contributed by atoms with Crippen LogP contribution >= 0.6 is 0 Å². The molecular weight excluding hydrogens is 665 g/mol. The molecule has 0 aromatic carbocycles. The number of nitrogens with zero attached hydrogens (tertiary/aromatic N) is 1. The lowest BCUT2D eigenvalue weighted by Crippen LogP contribution is -2.44. The van der Waals surface area contributed by atoms with E-state index < -0.39 is 0 Å². The Labute approximate surface area is 337 Å². The second kappa shape index (κ2) is 19.5. The second-order valence-electron chi connectivity index (χ2n) is 19.9. The van der Waals surface area contributed by atoms with Crippen LogP contribution in [0.3, 0.4) is 0 Å². The van der Waals surface area contributed by atoms with Crippen LogP contribution in [0.4, 0.5) is 0 Å². The lowest BCUT2D eigenvalue weighted by molar-refractivity contribution is 0.128. The molecule has 1 heterocycles. The van der Waals surface area contributed by atoms with Crippen LogP contribution in [0.5, 0.6) is 0 Å². The van der Waals surface area contributed by atoms with Gasteiger partial charge in [0.15, 0.2) is 0 Å². The molecule has 7 unspecified atom stereocenters. The largest absolute Gasteiger partial charge is 0.310 e. The van der Waals surface area contributed by atoms with Gasteiger partial charge in [-0.3, -0.25) is 4.99 Å². The number of rotatable bonds is 13. The SMILES string of the molecule is C/C(=C\C=C(/CNC1CCCC2CCCCC21)C1=CC(C2CC=NC2)=CCC1)C(C)CCC(C1=CC=C(C2CCC3=C(CCCC3)C2)CC1)C1CCCCC1. The van der Waals surface area contributed by atoms with E-state index in [-0.39, 0.29) is 0 Å². The number of aliphatic imine (C=N–C) groups is 1. The molecule has 8 aliphatic rings. The van der Waals surface area contributed by atoms with Crippen LogP contribution in [-0.2, 0) is 0 Å². The molecule has 7 atom stereocenters. The van der Waals surface area contributed by atoms with Crippen molar-refractivity contribution in [1.82, 2.24) is 5.32 Å². The summed E-state index contributed by atoms with van der Waals surface area (Å²) in [5.74, 6) is 5.62. The summed E-state index contributed by atoms with van der Waals surface area (Å²) in [5.41, 5.74) is 13.6. The normalized spacial score (nSPS) is 32.2. The second-order valence-corrected chi connectivity index (χ2v) is 19.9.